The van der Waals surface area contributed by atoms with Crippen molar-refractivity contribution in [1.82, 2.24) is 10.6 Å². The van der Waals surface area contributed by atoms with Crippen molar-refractivity contribution >= 4 is 34.7 Å². The fourth-order valence-electron chi connectivity index (χ4n) is 1.74. The van der Waals surface area contributed by atoms with E-state index in [1.54, 1.807) is 29.6 Å². The van der Waals surface area contributed by atoms with E-state index in [4.69, 9.17) is 0 Å². The third-order valence-electron chi connectivity index (χ3n) is 2.94. The van der Waals surface area contributed by atoms with E-state index in [0.29, 0.717) is 10.6 Å². The maximum atomic E-state index is 11.7. The van der Waals surface area contributed by atoms with Crippen molar-refractivity contribution in [3.63, 3.8) is 0 Å². The Bertz CT molecular complexity index is 681. The molecule has 0 saturated carbocycles. The van der Waals surface area contributed by atoms with Crippen LogP contribution in [0.15, 0.2) is 41.8 Å². The van der Waals surface area contributed by atoms with E-state index in [-0.39, 0.29) is 24.9 Å². The summed E-state index contributed by atoms with van der Waals surface area (Å²) in [4.78, 5) is 35.5. The van der Waals surface area contributed by atoms with Gasteiger partial charge in [0.15, 0.2) is 0 Å². The van der Waals surface area contributed by atoms with Crippen LogP contribution in [0.5, 0.6) is 0 Å². The predicted molar refractivity (Wildman–Crippen MR) is 89.5 cm³/mol. The molecule has 1 heterocycles. The summed E-state index contributed by atoms with van der Waals surface area (Å²) in [5, 5.41) is 9.40. The number of carbonyl (C=O) groups excluding carboxylic acids is 3. The van der Waals surface area contributed by atoms with E-state index >= 15 is 0 Å². The van der Waals surface area contributed by atoms with Gasteiger partial charge >= 0.3 is 0 Å². The lowest BCUT2D eigenvalue weighted by Crippen LogP contribution is -2.40. The van der Waals surface area contributed by atoms with Gasteiger partial charge in [-0.1, -0.05) is 23.8 Å². The van der Waals surface area contributed by atoms with Gasteiger partial charge < -0.3 is 16.0 Å². The van der Waals surface area contributed by atoms with Gasteiger partial charge in [-0.05, 0) is 30.5 Å². The Balaban J connectivity index is 1.68. The van der Waals surface area contributed by atoms with E-state index in [1.165, 1.54) is 11.3 Å². The molecule has 0 unspecified atom stereocenters. The van der Waals surface area contributed by atoms with Crippen LogP contribution in [0.1, 0.15) is 15.2 Å². The summed E-state index contributed by atoms with van der Waals surface area (Å²) < 4.78 is 0. The number of carbonyl (C=O) groups is 3. The molecule has 0 aliphatic rings. The highest BCUT2D eigenvalue weighted by molar-refractivity contribution is 7.12. The molecule has 2 aromatic rings. The van der Waals surface area contributed by atoms with Crippen LogP contribution in [-0.2, 0) is 9.59 Å². The quantitative estimate of drug-likeness (QED) is 0.750. The molecule has 23 heavy (non-hydrogen) atoms. The minimum absolute atomic E-state index is 0.151. The van der Waals surface area contributed by atoms with Crippen molar-refractivity contribution in [2.75, 3.05) is 18.4 Å². The second-order valence-electron chi connectivity index (χ2n) is 4.85. The SMILES string of the molecule is Cc1ccc(NC(=O)CNC(=O)CNC(=O)c2cccs2)cc1. The van der Waals surface area contributed by atoms with Crippen molar-refractivity contribution < 1.29 is 14.4 Å². The molecule has 6 nitrogen and oxygen atoms in total. The first-order chi connectivity index (χ1) is 11.0. The third-order valence-corrected chi connectivity index (χ3v) is 3.80. The van der Waals surface area contributed by atoms with Crippen LogP contribution < -0.4 is 16.0 Å². The maximum Gasteiger partial charge on any atom is 0.261 e. The van der Waals surface area contributed by atoms with Crippen LogP contribution in [0, 0.1) is 6.92 Å². The summed E-state index contributed by atoms with van der Waals surface area (Å²) in [5.74, 6) is -1.06. The number of rotatable bonds is 6. The lowest BCUT2D eigenvalue weighted by atomic mass is 10.2. The van der Waals surface area contributed by atoms with E-state index in [2.05, 4.69) is 16.0 Å². The standard InChI is InChI=1S/C16H17N3O3S/c1-11-4-6-12(7-5-11)19-15(21)10-17-14(20)9-18-16(22)13-3-2-8-23-13/h2-8H,9-10H2,1H3,(H,17,20)(H,18,22)(H,19,21). The number of nitrogens with one attached hydrogen (secondary N) is 3. The molecule has 0 bridgehead atoms. The van der Waals surface area contributed by atoms with Crippen LogP contribution in [0.25, 0.3) is 0 Å². The summed E-state index contributed by atoms with van der Waals surface area (Å²) in [6.07, 6.45) is 0. The summed E-state index contributed by atoms with van der Waals surface area (Å²) >= 11 is 1.30. The molecular formula is C16H17N3O3S. The number of hydrogen-bond donors (Lipinski definition) is 3. The van der Waals surface area contributed by atoms with Gasteiger partial charge in [-0.15, -0.1) is 11.3 Å². The highest BCUT2D eigenvalue weighted by Gasteiger charge is 2.09. The number of aryl methyl sites for hydroxylation is 1. The Labute approximate surface area is 137 Å². The van der Waals surface area contributed by atoms with Gasteiger partial charge in [-0.3, -0.25) is 14.4 Å². The third kappa shape index (κ3) is 5.55. The van der Waals surface area contributed by atoms with Crippen LogP contribution in [0.3, 0.4) is 0 Å². The zero-order chi connectivity index (χ0) is 16.7. The van der Waals surface area contributed by atoms with Crippen molar-refractivity contribution in [2.24, 2.45) is 0 Å². The van der Waals surface area contributed by atoms with Gasteiger partial charge in [0.2, 0.25) is 11.8 Å². The average molecular weight is 331 g/mol. The summed E-state index contributed by atoms with van der Waals surface area (Å²) in [5.41, 5.74) is 1.76. The molecule has 0 aliphatic heterocycles. The topological polar surface area (TPSA) is 87.3 Å². The van der Waals surface area contributed by atoms with Crippen molar-refractivity contribution in [3.05, 3.63) is 52.2 Å². The number of anilines is 1. The van der Waals surface area contributed by atoms with Crippen LogP contribution in [-0.4, -0.2) is 30.8 Å². The molecule has 1 aromatic carbocycles. The molecule has 2 rings (SSSR count). The minimum atomic E-state index is -0.422. The molecule has 1 aromatic heterocycles. The monoisotopic (exact) mass is 331 g/mol. The fraction of sp³-hybridized carbons (Fsp3) is 0.188. The Kier molecular flexibility index (Phi) is 5.87. The van der Waals surface area contributed by atoms with Crippen LogP contribution >= 0.6 is 11.3 Å². The van der Waals surface area contributed by atoms with Crippen LogP contribution in [0.4, 0.5) is 5.69 Å². The minimum Gasteiger partial charge on any atom is -0.345 e. The fourth-order valence-corrected chi connectivity index (χ4v) is 2.38. The Morgan fingerprint density at radius 1 is 0.957 bits per heavy atom. The van der Waals surface area contributed by atoms with Gasteiger partial charge in [0.05, 0.1) is 18.0 Å². The second kappa shape index (κ2) is 8.09. The van der Waals surface area contributed by atoms with Crippen molar-refractivity contribution in [3.8, 4) is 0 Å². The molecule has 0 spiro atoms. The predicted octanol–water partition coefficient (Wildman–Crippen LogP) is 1.54. The lowest BCUT2D eigenvalue weighted by molar-refractivity contribution is -0.123. The molecule has 0 fully saturated rings. The average Bonchev–Trinajstić information content (AvgIpc) is 3.07. The van der Waals surface area contributed by atoms with E-state index in [1.807, 2.05) is 19.1 Å². The molecule has 0 radical (unpaired) electrons. The first-order valence-corrected chi connectivity index (χ1v) is 7.87. The van der Waals surface area contributed by atoms with E-state index < -0.39 is 5.91 Å². The second-order valence-corrected chi connectivity index (χ2v) is 5.80. The smallest absolute Gasteiger partial charge is 0.261 e. The first kappa shape index (κ1) is 16.7. The highest BCUT2D eigenvalue weighted by atomic mass is 32.1. The van der Waals surface area contributed by atoms with Gasteiger partial charge in [0.1, 0.15) is 0 Å². The number of amides is 3. The molecule has 3 amide bonds. The molecule has 120 valence electrons. The van der Waals surface area contributed by atoms with Gasteiger partial charge in [-0.25, -0.2) is 0 Å². The normalized spacial score (nSPS) is 9.96. The molecule has 7 heteroatoms. The number of hydrogen-bond acceptors (Lipinski definition) is 4. The molecule has 0 saturated heterocycles. The summed E-state index contributed by atoms with van der Waals surface area (Å²) in [6.45, 7) is 1.63. The maximum absolute atomic E-state index is 11.7. The first-order valence-electron chi connectivity index (χ1n) is 6.99. The lowest BCUT2D eigenvalue weighted by Gasteiger charge is -2.08. The Hall–Kier alpha value is -2.67. The summed E-state index contributed by atoms with van der Waals surface area (Å²) in [6, 6.07) is 10.8. The zero-order valence-electron chi connectivity index (χ0n) is 12.6. The van der Waals surface area contributed by atoms with Gasteiger partial charge in [-0.2, -0.15) is 0 Å². The van der Waals surface area contributed by atoms with E-state index in [0.717, 1.165) is 5.56 Å². The van der Waals surface area contributed by atoms with Gasteiger partial charge in [0.25, 0.3) is 5.91 Å². The van der Waals surface area contributed by atoms with Crippen molar-refractivity contribution in [1.29, 1.82) is 0 Å². The van der Waals surface area contributed by atoms with Crippen molar-refractivity contribution in [2.45, 2.75) is 6.92 Å². The molecular weight excluding hydrogens is 314 g/mol. The largest absolute Gasteiger partial charge is 0.345 e. The highest BCUT2D eigenvalue weighted by Crippen LogP contribution is 2.08. The zero-order valence-corrected chi connectivity index (χ0v) is 13.4. The number of benzene rings is 1. The van der Waals surface area contributed by atoms with Crippen LogP contribution in [0.2, 0.25) is 0 Å². The van der Waals surface area contributed by atoms with Gasteiger partial charge in [0, 0.05) is 5.69 Å². The molecule has 0 atom stereocenters. The Morgan fingerprint density at radius 2 is 1.65 bits per heavy atom. The Morgan fingerprint density at radius 3 is 2.30 bits per heavy atom. The summed E-state index contributed by atoms with van der Waals surface area (Å²) in [7, 11) is 0. The molecule has 3 N–H and O–H groups in total. The molecule has 0 aliphatic carbocycles. The van der Waals surface area contributed by atoms with E-state index in [9.17, 15) is 14.4 Å². The number of thiophene rings is 1.